The molecule has 2 aliphatic heterocycles. The number of anilines is 1. The summed E-state index contributed by atoms with van der Waals surface area (Å²) in [5.41, 5.74) is 4.43. The molecule has 0 aromatic heterocycles. The van der Waals surface area contributed by atoms with Crippen LogP contribution in [0.2, 0.25) is 0 Å². The summed E-state index contributed by atoms with van der Waals surface area (Å²) in [7, 11) is 0. The summed E-state index contributed by atoms with van der Waals surface area (Å²) >= 11 is 0. The van der Waals surface area contributed by atoms with Crippen LogP contribution < -0.4 is 9.64 Å². The molecule has 2 aromatic rings. The number of benzene rings is 2. The average molecular weight is 405 g/mol. The molecule has 0 spiro atoms. The summed E-state index contributed by atoms with van der Waals surface area (Å²) in [5, 5.41) is 0. The molecule has 5 heteroatoms. The van der Waals surface area contributed by atoms with Gasteiger partial charge in [0.05, 0.1) is 17.4 Å². The first kappa shape index (κ1) is 20.2. The lowest BCUT2D eigenvalue weighted by atomic mass is 10.0. The molecular formula is C25H28N2O3. The number of amides is 2. The van der Waals surface area contributed by atoms with Crippen LogP contribution in [0.4, 0.5) is 5.69 Å². The number of likely N-dealkylation sites (tertiary alicyclic amines) is 1. The van der Waals surface area contributed by atoms with Crippen LogP contribution in [0, 0.1) is 13.8 Å². The normalized spacial score (nSPS) is 17.0. The molecule has 2 aromatic carbocycles. The Morgan fingerprint density at radius 3 is 2.17 bits per heavy atom. The minimum atomic E-state index is -0.258. The molecule has 0 atom stereocenters. The van der Waals surface area contributed by atoms with E-state index in [1.165, 1.54) is 4.90 Å². The molecule has 0 unspecified atom stereocenters. The van der Waals surface area contributed by atoms with Gasteiger partial charge in [-0.25, -0.2) is 4.90 Å². The zero-order chi connectivity index (χ0) is 21.4. The maximum atomic E-state index is 13.6. The number of rotatable bonds is 5. The van der Waals surface area contributed by atoms with Crippen LogP contribution in [0.5, 0.6) is 5.75 Å². The van der Waals surface area contributed by atoms with E-state index in [1.807, 2.05) is 70.2 Å². The Balaban J connectivity index is 1.78. The van der Waals surface area contributed by atoms with Crippen LogP contribution in [-0.4, -0.2) is 35.9 Å². The molecule has 2 heterocycles. The lowest BCUT2D eigenvalue weighted by Crippen LogP contribution is -2.35. The Kier molecular flexibility index (Phi) is 5.37. The maximum absolute atomic E-state index is 13.6. The third kappa shape index (κ3) is 3.60. The second-order valence-corrected chi connectivity index (χ2v) is 8.34. The van der Waals surface area contributed by atoms with Crippen molar-refractivity contribution in [2.75, 3.05) is 18.0 Å². The first-order valence-electron chi connectivity index (χ1n) is 10.6. The van der Waals surface area contributed by atoms with E-state index in [-0.39, 0.29) is 17.9 Å². The molecule has 0 N–H and O–H groups in total. The Morgan fingerprint density at radius 1 is 0.900 bits per heavy atom. The molecule has 0 radical (unpaired) electrons. The highest BCUT2D eigenvalue weighted by Crippen LogP contribution is 2.37. The second kappa shape index (κ2) is 7.98. The summed E-state index contributed by atoms with van der Waals surface area (Å²) in [5.74, 6) is 0.262. The Morgan fingerprint density at radius 2 is 1.57 bits per heavy atom. The predicted octanol–water partition coefficient (Wildman–Crippen LogP) is 4.47. The van der Waals surface area contributed by atoms with Gasteiger partial charge in [0.1, 0.15) is 11.4 Å². The van der Waals surface area contributed by atoms with Crippen LogP contribution in [0.25, 0.3) is 5.57 Å². The van der Waals surface area contributed by atoms with Crippen molar-refractivity contribution in [2.45, 2.75) is 46.6 Å². The third-order valence-electron chi connectivity index (χ3n) is 5.59. The van der Waals surface area contributed by atoms with Gasteiger partial charge in [-0.2, -0.15) is 0 Å². The Hall–Kier alpha value is -3.08. The van der Waals surface area contributed by atoms with Gasteiger partial charge in [-0.05, 0) is 69.9 Å². The van der Waals surface area contributed by atoms with Crippen molar-refractivity contribution >= 4 is 23.1 Å². The van der Waals surface area contributed by atoms with E-state index < -0.39 is 0 Å². The van der Waals surface area contributed by atoms with E-state index in [0.29, 0.717) is 17.0 Å². The predicted molar refractivity (Wildman–Crippen MR) is 118 cm³/mol. The first-order chi connectivity index (χ1) is 14.4. The number of imide groups is 1. The molecule has 0 bridgehead atoms. The van der Waals surface area contributed by atoms with Gasteiger partial charge in [0.25, 0.3) is 11.8 Å². The smallest absolute Gasteiger partial charge is 0.282 e. The van der Waals surface area contributed by atoms with E-state index in [4.69, 9.17) is 4.74 Å². The van der Waals surface area contributed by atoms with Gasteiger partial charge in [-0.15, -0.1) is 0 Å². The summed E-state index contributed by atoms with van der Waals surface area (Å²) in [6.45, 7) is 9.49. The van der Waals surface area contributed by atoms with Crippen LogP contribution in [0.15, 0.2) is 48.2 Å². The molecule has 1 fully saturated rings. The minimum absolute atomic E-state index is 0.0740. The van der Waals surface area contributed by atoms with Crippen molar-refractivity contribution in [1.29, 1.82) is 0 Å². The second-order valence-electron chi connectivity index (χ2n) is 8.34. The lowest BCUT2D eigenvalue weighted by molar-refractivity contribution is -0.120. The van der Waals surface area contributed by atoms with Crippen molar-refractivity contribution in [2.24, 2.45) is 0 Å². The topological polar surface area (TPSA) is 49.9 Å². The number of hydrogen-bond donors (Lipinski definition) is 0. The van der Waals surface area contributed by atoms with E-state index in [0.717, 1.165) is 48.4 Å². The monoisotopic (exact) mass is 404 g/mol. The highest BCUT2D eigenvalue weighted by molar-refractivity contribution is 6.45. The summed E-state index contributed by atoms with van der Waals surface area (Å²) < 4.78 is 5.74. The molecule has 2 amide bonds. The number of hydrogen-bond acceptors (Lipinski definition) is 4. The zero-order valence-electron chi connectivity index (χ0n) is 18.1. The van der Waals surface area contributed by atoms with Crippen molar-refractivity contribution in [1.82, 2.24) is 4.90 Å². The van der Waals surface area contributed by atoms with Crippen LogP contribution in [-0.2, 0) is 9.59 Å². The average Bonchev–Trinajstić information content (AvgIpc) is 3.29. The molecule has 0 aliphatic carbocycles. The van der Waals surface area contributed by atoms with Crippen molar-refractivity contribution < 1.29 is 14.3 Å². The summed E-state index contributed by atoms with van der Waals surface area (Å²) in [6.07, 6.45) is 2.14. The molecule has 1 saturated heterocycles. The fourth-order valence-electron chi connectivity index (χ4n) is 4.26. The van der Waals surface area contributed by atoms with Crippen LogP contribution in [0.3, 0.4) is 0 Å². The highest BCUT2D eigenvalue weighted by Gasteiger charge is 2.43. The molecule has 30 heavy (non-hydrogen) atoms. The Labute approximate surface area is 177 Å². The molecule has 4 rings (SSSR count). The number of carbonyl (C=O) groups excluding carboxylic acids is 2. The van der Waals surface area contributed by atoms with E-state index in [9.17, 15) is 9.59 Å². The third-order valence-corrected chi connectivity index (χ3v) is 5.59. The van der Waals surface area contributed by atoms with Crippen molar-refractivity contribution in [3.8, 4) is 5.75 Å². The van der Waals surface area contributed by atoms with E-state index >= 15 is 0 Å². The molecule has 2 aliphatic rings. The molecular weight excluding hydrogens is 376 g/mol. The molecule has 0 saturated carbocycles. The summed E-state index contributed by atoms with van der Waals surface area (Å²) in [6, 6.07) is 13.3. The standard InChI is InChI=1S/C25H28N2O3/c1-16(2)30-20-10-8-19(9-11-20)22-23(26-13-5-6-14-26)25(29)27(24(22)28)21-12-7-17(3)15-18(21)4/h7-12,15-16H,5-6,13-14H2,1-4H3. The van der Waals surface area contributed by atoms with Gasteiger partial charge < -0.3 is 9.64 Å². The Bertz CT molecular complexity index is 1020. The van der Waals surface area contributed by atoms with Gasteiger partial charge in [-0.3, -0.25) is 9.59 Å². The lowest BCUT2D eigenvalue weighted by Gasteiger charge is -2.21. The van der Waals surface area contributed by atoms with E-state index in [2.05, 4.69) is 4.90 Å². The quantitative estimate of drug-likeness (QED) is 0.690. The number of aryl methyl sites for hydroxylation is 2. The molecule has 156 valence electrons. The number of carbonyl (C=O) groups is 2. The molecule has 5 nitrogen and oxygen atoms in total. The van der Waals surface area contributed by atoms with Gasteiger partial charge >= 0.3 is 0 Å². The summed E-state index contributed by atoms with van der Waals surface area (Å²) in [4.78, 5) is 30.5. The van der Waals surface area contributed by atoms with E-state index in [1.54, 1.807) is 0 Å². The van der Waals surface area contributed by atoms with Gasteiger partial charge in [-0.1, -0.05) is 29.8 Å². The van der Waals surface area contributed by atoms with Gasteiger partial charge in [0, 0.05) is 13.1 Å². The van der Waals surface area contributed by atoms with Gasteiger partial charge in [0.15, 0.2) is 0 Å². The maximum Gasteiger partial charge on any atom is 0.282 e. The van der Waals surface area contributed by atoms with Crippen molar-refractivity contribution in [3.63, 3.8) is 0 Å². The van der Waals surface area contributed by atoms with Crippen LogP contribution >= 0.6 is 0 Å². The highest BCUT2D eigenvalue weighted by atomic mass is 16.5. The van der Waals surface area contributed by atoms with Gasteiger partial charge in [0.2, 0.25) is 0 Å². The largest absolute Gasteiger partial charge is 0.491 e. The first-order valence-corrected chi connectivity index (χ1v) is 10.6. The minimum Gasteiger partial charge on any atom is -0.491 e. The SMILES string of the molecule is Cc1ccc(N2C(=O)C(c3ccc(OC(C)C)cc3)=C(N3CCCC3)C2=O)c(C)c1. The van der Waals surface area contributed by atoms with Crippen LogP contribution in [0.1, 0.15) is 43.4 Å². The number of ether oxygens (including phenoxy) is 1. The fraction of sp³-hybridized carbons (Fsp3) is 0.360. The zero-order valence-corrected chi connectivity index (χ0v) is 18.1. The fourth-order valence-corrected chi connectivity index (χ4v) is 4.26. The van der Waals surface area contributed by atoms with Crippen molar-refractivity contribution in [3.05, 3.63) is 64.9 Å². The number of nitrogens with zero attached hydrogens (tertiary/aromatic N) is 2.